The molecule has 2 atom stereocenters. The Labute approximate surface area is 120 Å². The summed E-state index contributed by atoms with van der Waals surface area (Å²) in [6.45, 7) is 2.14. The van der Waals surface area contributed by atoms with Crippen molar-refractivity contribution in [3.63, 3.8) is 0 Å². The number of hydrogen-bond acceptors (Lipinski definition) is 6. The highest BCUT2D eigenvalue weighted by Crippen LogP contribution is 2.33. The SMILES string of the molecule is CCSC1CCC(Nc2nc(Cl)ncc2[N+](=O)[O-])C1. The van der Waals surface area contributed by atoms with Crippen LogP contribution in [-0.4, -0.2) is 31.9 Å². The summed E-state index contributed by atoms with van der Waals surface area (Å²) in [6.07, 6.45) is 4.27. The third-order valence-corrected chi connectivity index (χ3v) is 4.48. The predicted octanol–water partition coefficient (Wildman–Crippen LogP) is 3.12. The van der Waals surface area contributed by atoms with E-state index in [4.69, 9.17) is 11.6 Å². The molecule has 0 aliphatic heterocycles. The first-order valence-corrected chi connectivity index (χ1v) is 7.58. The van der Waals surface area contributed by atoms with Gasteiger partial charge in [-0.25, -0.2) is 4.98 Å². The van der Waals surface area contributed by atoms with Gasteiger partial charge in [-0.2, -0.15) is 16.7 Å². The second-order valence-corrected chi connectivity index (χ2v) is 6.28. The van der Waals surface area contributed by atoms with E-state index in [1.54, 1.807) is 0 Å². The average molecular weight is 303 g/mol. The Hall–Kier alpha value is -1.08. The Morgan fingerprint density at radius 3 is 3.11 bits per heavy atom. The van der Waals surface area contributed by atoms with Crippen LogP contribution in [-0.2, 0) is 0 Å². The van der Waals surface area contributed by atoms with E-state index in [1.165, 1.54) is 0 Å². The molecule has 1 aromatic rings. The summed E-state index contributed by atoms with van der Waals surface area (Å²) in [4.78, 5) is 18.0. The minimum Gasteiger partial charge on any atom is -0.361 e. The topological polar surface area (TPSA) is 81.0 Å². The molecule has 1 aromatic heterocycles. The van der Waals surface area contributed by atoms with Crippen molar-refractivity contribution in [3.05, 3.63) is 21.6 Å². The number of nitrogens with one attached hydrogen (secondary N) is 1. The minimum atomic E-state index is -0.494. The van der Waals surface area contributed by atoms with Gasteiger partial charge in [0.25, 0.3) is 0 Å². The predicted molar refractivity (Wildman–Crippen MR) is 76.9 cm³/mol. The van der Waals surface area contributed by atoms with Crippen molar-refractivity contribution in [2.45, 2.75) is 37.5 Å². The highest BCUT2D eigenvalue weighted by molar-refractivity contribution is 7.99. The molecule has 0 bridgehead atoms. The summed E-state index contributed by atoms with van der Waals surface area (Å²) in [5.41, 5.74) is -0.129. The molecule has 6 nitrogen and oxygen atoms in total. The van der Waals surface area contributed by atoms with Gasteiger partial charge in [0.15, 0.2) is 0 Å². The summed E-state index contributed by atoms with van der Waals surface area (Å²) in [5, 5.41) is 14.7. The number of anilines is 1. The van der Waals surface area contributed by atoms with Gasteiger partial charge in [-0.05, 0) is 36.6 Å². The molecule has 1 saturated carbocycles. The zero-order chi connectivity index (χ0) is 13.8. The van der Waals surface area contributed by atoms with Gasteiger partial charge in [0.1, 0.15) is 6.20 Å². The van der Waals surface area contributed by atoms with Crippen LogP contribution in [0.4, 0.5) is 11.5 Å². The first-order valence-electron chi connectivity index (χ1n) is 6.15. The van der Waals surface area contributed by atoms with Crippen LogP contribution in [0.15, 0.2) is 6.20 Å². The molecule has 1 aliphatic carbocycles. The molecular weight excluding hydrogens is 288 g/mol. The molecule has 2 rings (SSSR count). The van der Waals surface area contributed by atoms with Crippen LogP contribution in [0, 0.1) is 10.1 Å². The van der Waals surface area contributed by atoms with Crippen molar-refractivity contribution in [1.29, 1.82) is 0 Å². The number of halogens is 1. The van der Waals surface area contributed by atoms with Crippen molar-refractivity contribution in [1.82, 2.24) is 9.97 Å². The molecule has 19 heavy (non-hydrogen) atoms. The summed E-state index contributed by atoms with van der Waals surface area (Å²) < 4.78 is 0. The molecule has 0 radical (unpaired) electrons. The smallest absolute Gasteiger partial charge is 0.329 e. The van der Waals surface area contributed by atoms with E-state index in [2.05, 4.69) is 22.2 Å². The Bertz CT molecular complexity index is 474. The zero-order valence-corrected chi connectivity index (χ0v) is 12.1. The fourth-order valence-corrected chi connectivity index (χ4v) is 3.52. The molecule has 0 amide bonds. The number of aromatic nitrogens is 2. The van der Waals surface area contributed by atoms with Crippen LogP contribution >= 0.6 is 23.4 Å². The van der Waals surface area contributed by atoms with Gasteiger partial charge in [0, 0.05) is 11.3 Å². The van der Waals surface area contributed by atoms with Crippen LogP contribution in [0.1, 0.15) is 26.2 Å². The van der Waals surface area contributed by atoms with Crippen molar-refractivity contribution in [2.75, 3.05) is 11.1 Å². The Balaban J connectivity index is 2.07. The first-order chi connectivity index (χ1) is 9.10. The summed E-state index contributed by atoms with van der Waals surface area (Å²) >= 11 is 7.63. The molecule has 1 heterocycles. The summed E-state index contributed by atoms with van der Waals surface area (Å²) in [7, 11) is 0. The van der Waals surface area contributed by atoms with Gasteiger partial charge < -0.3 is 5.32 Å². The Morgan fingerprint density at radius 2 is 2.42 bits per heavy atom. The second-order valence-electron chi connectivity index (χ2n) is 4.36. The van der Waals surface area contributed by atoms with E-state index in [-0.39, 0.29) is 22.8 Å². The molecule has 1 fully saturated rings. The van der Waals surface area contributed by atoms with Crippen LogP contribution in [0.5, 0.6) is 0 Å². The Kier molecular flexibility index (Phi) is 4.81. The third kappa shape index (κ3) is 3.70. The lowest BCUT2D eigenvalue weighted by Gasteiger charge is -2.13. The summed E-state index contributed by atoms with van der Waals surface area (Å²) in [5.74, 6) is 1.31. The molecule has 2 unspecified atom stereocenters. The highest BCUT2D eigenvalue weighted by atomic mass is 35.5. The first kappa shape index (κ1) is 14.3. The van der Waals surface area contributed by atoms with Gasteiger partial charge in [-0.3, -0.25) is 10.1 Å². The van der Waals surface area contributed by atoms with Gasteiger partial charge in [0.2, 0.25) is 11.1 Å². The standard InChI is InChI=1S/C11H15ClN4O2S/c1-2-19-8-4-3-7(5-8)14-10-9(16(17)18)6-13-11(12)15-10/h6-8H,2-5H2,1H3,(H,13,14,15). The van der Waals surface area contributed by atoms with Crippen molar-refractivity contribution in [2.24, 2.45) is 0 Å². The fraction of sp³-hybridized carbons (Fsp3) is 0.636. The number of hydrogen-bond donors (Lipinski definition) is 1. The maximum Gasteiger partial charge on any atom is 0.329 e. The van der Waals surface area contributed by atoms with Crippen LogP contribution in [0.3, 0.4) is 0 Å². The van der Waals surface area contributed by atoms with Crippen LogP contribution < -0.4 is 5.32 Å². The van der Waals surface area contributed by atoms with E-state index in [0.717, 1.165) is 31.2 Å². The number of nitro groups is 1. The highest BCUT2D eigenvalue weighted by Gasteiger charge is 2.27. The van der Waals surface area contributed by atoms with Crippen LogP contribution in [0.2, 0.25) is 5.28 Å². The molecule has 0 saturated heterocycles. The van der Waals surface area contributed by atoms with Crippen molar-refractivity contribution in [3.8, 4) is 0 Å². The zero-order valence-electron chi connectivity index (χ0n) is 10.5. The van der Waals surface area contributed by atoms with E-state index in [9.17, 15) is 10.1 Å². The monoisotopic (exact) mass is 302 g/mol. The van der Waals surface area contributed by atoms with Gasteiger partial charge >= 0.3 is 5.69 Å². The third-order valence-electron chi connectivity index (χ3n) is 3.06. The van der Waals surface area contributed by atoms with Gasteiger partial charge in [-0.15, -0.1) is 0 Å². The summed E-state index contributed by atoms with van der Waals surface area (Å²) in [6, 6.07) is 0.216. The minimum absolute atomic E-state index is 0.0191. The normalized spacial score (nSPS) is 22.4. The molecule has 0 aromatic carbocycles. The quantitative estimate of drug-likeness (QED) is 0.511. The lowest BCUT2D eigenvalue weighted by molar-refractivity contribution is -0.384. The molecule has 8 heteroatoms. The lowest BCUT2D eigenvalue weighted by atomic mass is 10.2. The van der Waals surface area contributed by atoms with Gasteiger partial charge in [-0.1, -0.05) is 6.92 Å². The number of rotatable bonds is 5. The molecular formula is C11H15ClN4O2S. The maximum absolute atomic E-state index is 10.9. The molecule has 1 N–H and O–H groups in total. The van der Waals surface area contributed by atoms with Gasteiger partial charge in [0.05, 0.1) is 4.92 Å². The molecule has 0 spiro atoms. The maximum atomic E-state index is 10.9. The van der Waals surface area contributed by atoms with Crippen molar-refractivity contribution >= 4 is 34.9 Å². The van der Waals surface area contributed by atoms with E-state index >= 15 is 0 Å². The van der Waals surface area contributed by atoms with E-state index < -0.39 is 4.92 Å². The number of nitrogens with zero attached hydrogens (tertiary/aromatic N) is 3. The average Bonchev–Trinajstić information content (AvgIpc) is 2.77. The Morgan fingerprint density at radius 1 is 1.63 bits per heavy atom. The largest absolute Gasteiger partial charge is 0.361 e. The second kappa shape index (κ2) is 6.38. The lowest BCUT2D eigenvalue weighted by Crippen LogP contribution is -2.18. The van der Waals surface area contributed by atoms with Crippen LogP contribution in [0.25, 0.3) is 0 Å². The van der Waals surface area contributed by atoms with Crippen molar-refractivity contribution < 1.29 is 4.92 Å². The molecule has 1 aliphatic rings. The number of thioether (sulfide) groups is 1. The molecule has 104 valence electrons. The van der Waals surface area contributed by atoms with E-state index in [1.807, 2.05) is 11.8 Å². The van der Waals surface area contributed by atoms with E-state index in [0.29, 0.717) is 5.25 Å². The fourth-order valence-electron chi connectivity index (χ4n) is 2.25.